The number of piperidine rings is 1. The van der Waals surface area contributed by atoms with Gasteiger partial charge in [-0.2, -0.15) is 0 Å². The Balaban J connectivity index is 2.42. The van der Waals surface area contributed by atoms with E-state index in [1.165, 1.54) is 38.8 Å². The third-order valence-electron chi connectivity index (χ3n) is 3.15. The topological polar surface area (TPSA) is 15.3 Å². The van der Waals surface area contributed by atoms with Gasteiger partial charge in [-0.15, -0.1) is 0 Å². The van der Waals surface area contributed by atoms with Crippen LogP contribution in [0.3, 0.4) is 0 Å². The second kappa shape index (κ2) is 5.86. The van der Waals surface area contributed by atoms with Crippen LogP contribution < -0.4 is 5.32 Å². The van der Waals surface area contributed by atoms with E-state index in [0.717, 1.165) is 12.6 Å². The van der Waals surface area contributed by atoms with Gasteiger partial charge in [0.1, 0.15) is 0 Å². The maximum Gasteiger partial charge on any atom is 0.0108 e. The Kier molecular flexibility index (Phi) is 5.07. The van der Waals surface area contributed by atoms with Crippen molar-refractivity contribution >= 4 is 0 Å². The molecule has 1 N–H and O–H groups in total. The molecule has 0 aromatic carbocycles. The molecule has 0 aliphatic carbocycles. The Morgan fingerprint density at radius 1 is 1.27 bits per heavy atom. The standard InChI is InChI=1S/C13H28N2/c1-13(2,3)11-15-10-6-5-7-12(15)8-9-14-4/h12,14H,5-11H2,1-4H3. The molecule has 1 unspecified atom stereocenters. The van der Waals surface area contributed by atoms with Gasteiger partial charge in [0.2, 0.25) is 0 Å². The molecule has 90 valence electrons. The zero-order valence-corrected chi connectivity index (χ0v) is 11.0. The van der Waals surface area contributed by atoms with Crippen molar-refractivity contribution in [3.05, 3.63) is 0 Å². The molecule has 0 radical (unpaired) electrons. The minimum atomic E-state index is 0.440. The van der Waals surface area contributed by atoms with E-state index in [2.05, 4.69) is 38.0 Å². The third-order valence-corrected chi connectivity index (χ3v) is 3.15. The predicted molar refractivity (Wildman–Crippen MR) is 67.2 cm³/mol. The minimum absolute atomic E-state index is 0.440. The first kappa shape index (κ1) is 13.0. The molecule has 0 saturated carbocycles. The summed E-state index contributed by atoms with van der Waals surface area (Å²) in [6, 6.07) is 0.824. The van der Waals surface area contributed by atoms with Gasteiger partial charge in [-0.05, 0) is 44.8 Å². The monoisotopic (exact) mass is 212 g/mol. The number of rotatable bonds is 4. The van der Waals surface area contributed by atoms with Gasteiger partial charge in [0.15, 0.2) is 0 Å². The number of hydrogen-bond acceptors (Lipinski definition) is 2. The van der Waals surface area contributed by atoms with Crippen molar-refractivity contribution in [1.82, 2.24) is 10.2 Å². The summed E-state index contributed by atoms with van der Waals surface area (Å²) in [6.07, 6.45) is 5.53. The third kappa shape index (κ3) is 4.98. The van der Waals surface area contributed by atoms with Crippen LogP contribution >= 0.6 is 0 Å². The van der Waals surface area contributed by atoms with Crippen LogP contribution in [0.5, 0.6) is 0 Å². The summed E-state index contributed by atoms with van der Waals surface area (Å²) < 4.78 is 0. The van der Waals surface area contributed by atoms with Crippen LogP contribution in [-0.4, -0.2) is 37.6 Å². The Morgan fingerprint density at radius 2 is 2.00 bits per heavy atom. The van der Waals surface area contributed by atoms with E-state index in [0.29, 0.717) is 5.41 Å². The van der Waals surface area contributed by atoms with Gasteiger partial charge in [-0.25, -0.2) is 0 Å². The van der Waals surface area contributed by atoms with Crippen LogP contribution in [0.1, 0.15) is 46.5 Å². The van der Waals surface area contributed by atoms with E-state index >= 15 is 0 Å². The number of hydrogen-bond donors (Lipinski definition) is 1. The summed E-state index contributed by atoms with van der Waals surface area (Å²) in [5.74, 6) is 0. The summed E-state index contributed by atoms with van der Waals surface area (Å²) in [5.41, 5.74) is 0.440. The Hall–Kier alpha value is -0.0800. The molecule has 1 atom stereocenters. The van der Waals surface area contributed by atoms with E-state index in [9.17, 15) is 0 Å². The van der Waals surface area contributed by atoms with E-state index in [-0.39, 0.29) is 0 Å². The Bertz CT molecular complexity index is 172. The van der Waals surface area contributed by atoms with E-state index in [1.807, 2.05) is 0 Å². The van der Waals surface area contributed by atoms with Crippen molar-refractivity contribution in [2.45, 2.75) is 52.5 Å². The highest BCUT2D eigenvalue weighted by atomic mass is 15.2. The van der Waals surface area contributed by atoms with Crippen molar-refractivity contribution in [3.8, 4) is 0 Å². The second-order valence-corrected chi connectivity index (χ2v) is 6.07. The molecule has 2 heteroatoms. The van der Waals surface area contributed by atoms with Gasteiger partial charge in [0.25, 0.3) is 0 Å². The average molecular weight is 212 g/mol. The maximum atomic E-state index is 3.27. The van der Waals surface area contributed by atoms with Crippen LogP contribution in [0, 0.1) is 5.41 Å². The highest BCUT2D eigenvalue weighted by Gasteiger charge is 2.25. The number of nitrogens with zero attached hydrogens (tertiary/aromatic N) is 1. The zero-order chi connectivity index (χ0) is 11.3. The Morgan fingerprint density at radius 3 is 2.60 bits per heavy atom. The first-order chi connectivity index (χ1) is 7.03. The van der Waals surface area contributed by atoms with Crippen LogP contribution in [0.2, 0.25) is 0 Å². The van der Waals surface area contributed by atoms with Crippen LogP contribution in [0.4, 0.5) is 0 Å². The average Bonchev–Trinajstić information content (AvgIpc) is 2.14. The summed E-state index contributed by atoms with van der Waals surface area (Å²) >= 11 is 0. The van der Waals surface area contributed by atoms with Crippen LogP contribution in [0.25, 0.3) is 0 Å². The fraction of sp³-hybridized carbons (Fsp3) is 1.00. The molecule has 1 fully saturated rings. The second-order valence-electron chi connectivity index (χ2n) is 6.07. The molecule has 0 amide bonds. The van der Waals surface area contributed by atoms with Gasteiger partial charge < -0.3 is 5.32 Å². The van der Waals surface area contributed by atoms with Crippen molar-refractivity contribution in [3.63, 3.8) is 0 Å². The molecule has 15 heavy (non-hydrogen) atoms. The van der Waals surface area contributed by atoms with Crippen molar-refractivity contribution in [1.29, 1.82) is 0 Å². The summed E-state index contributed by atoms with van der Waals surface area (Å²) in [5, 5.41) is 3.27. The largest absolute Gasteiger partial charge is 0.320 e. The van der Waals surface area contributed by atoms with Crippen LogP contribution in [-0.2, 0) is 0 Å². The smallest absolute Gasteiger partial charge is 0.0108 e. The fourth-order valence-electron chi connectivity index (χ4n) is 2.52. The highest BCUT2D eigenvalue weighted by molar-refractivity contribution is 4.80. The van der Waals surface area contributed by atoms with Crippen molar-refractivity contribution in [2.24, 2.45) is 5.41 Å². The zero-order valence-electron chi connectivity index (χ0n) is 11.0. The van der Waals surface area contributed by atoms with E-state index in [1.54, 1.807) is 0 Å². The molecule has 1 heterocycles. The lowest BCUT2D eigenvalue weighted by atomic mass is 9.91. The molecular formula is C13H28N2. The predicted octanol–water partition coefficient (Wildman–Crippen LogP) is 2.50. The number of likely N-dealkylation sites (tertiary alicyclic amines) is 1. The molecule has 1 aliphatic rings. The minimum Gasteiger partial charge on any atom is -0.320 e. The molecule has 2 nitrogen and oxygen atoms in total. The van der Waals surface area contributed by atoms with Gasteiger partial charge in [0.05, 0.1) is 0 Å². The molecule has 0 aromatic rings. The van der Waals surface area contributed by atoms with Crippen molar-refractivity contribution < 1.29 is 0 Å². The first-order valence-corrected chi connectivity index (χ1v) is 6.41. The van der Waals surface area contributed by atoms with Gasteiger partial charge in [0, 0.05) is 12.6 Å². The molecule has 0 bridgehead atoms. The Labute approximate surface area is 95.4 Å². The molecule has 1 saturated heterocycles. The summed E-state index contributed by atoms with van der Waals surface area (Å²) in [4.78, 5) is 2.71. The molecule has 1 rings (SSSR count). The molecule has 1 aliphatic heterocycles. The maximum absolute atomic E-state index is 3.27. The van der Waals surface area contributed by atoms with Gasteiger partial charge in [-0.3, -0.25) is 4.90 Å². The lowest BCUT2D eigenvalue weighted by Gasteiger charge is -2.39. The fourth-order valence-corrected chi connectivity index (χ4v) is 2.52. The highest BCUT2D eigenvalue weighted by Crippen LogP contribution is 2.24. The summed E-state index contributed by atoms with van der Waals surface area (Å²) in [6.45, 7) is 10.8. The van der Waals surface area contributed by atoms with Crippen LogP contribution in [0.15, 0.2) is 0 Å². The lowest BCUT2D eigenvalue weighted by molar-refractivity contribution is 0.0978. The SMILES string of the molecule is CNCCC1CCCCN1CC(C)(C)C. The van der Waals surface area contributed by atoms with Gasteiger partial charge >= 0.3 is 0 Å². The number of nitrogens with one attached hydrogen (secondary N) is 1. The summed E-state index contributed by atoms with van der Waals surface area (Å²) in [7, 11) is 2.05. The molecule has 0 aromatic heterocycles. The van der Waals surface area contributed by atoms with E-state index in [4.69, 9.17) is 0 Å². The quantitative estimate of drug-likeness (QED) is 0.770. The molecule has 0 spiro atoms. The normalized spacial score (nSPS) is 24.4. The van der Waals surface area contributed by atoms with E-state index < -0.39 is 0 Å². The lowest BCUT2D eigenvalue weighted by Crippen LogP contribution is -2.44. The van der Waals surface area contributed by atoms with Gasteiger partial charge in [-0.1, -0.05) is 27.2 Å². The first-order valence-electron chi connectivity index (χ1n) is 6.41. The molecular weight excluding hydrogens is 184 g/mol. The van der Waals surface area contributed by atoms with Crippen molar-refractivity contribution in [2.75, 3.05) is 26.7 Å².